The SMILES string of the molecule is CCOC(=O)Nc1nnc(C(F)(F)C(F)(F)C(F)(F)F)s1. The maximum absolute atomic E-state index is 13.2. The van der Waals surface area contributed by atoms with Crippen LogP contribution in [0, 0.1) is 0 Å². The van der Waals surface area contributed by atoms with Gasteiger partial charge < -0.3 is 4.74 Å². The first-order valence-electron chi connectivity index (χ1n) is 5.03. The molecule has 1 amide bonds. The topological polar surface area (TPSA) is 64.1 Å². The first-order valence-corrected chi connectivity index (χ1v) is 5.85. The Kier molecular flexibility index (Phi) is 4.65. The maximum atomic E-state index is 13.2. The molecule has 21 heavy (non-hydrogen) atoms. The molecule has 0 spiro atoms. The van der Waals surface area contributed by atoms with Gasteiger partial charge >= 0.3 is 24.1 Å². The number of amides is 1. The number of halogens is 7. The molecule has 0 fully saturated rings. The molecule has 0 radical (unpaired) electrons. The second-order valence-corrected chi connectivity index (χ2v) is 4.38. The van der Waals surface area contributed by atoms with Crippen LogP contribution >= 0.6 is 11.3 Å². The highest BCUT2D eigenvalue weighted by Crippen LogP contribution is 2.52. The van der Waals surface area contributed by atoms with Gasteiger partial charge in [-0.1, -0.05) is 11.3 Å². The molecule has 1 heterocycles. The molecule has 1 aromatic rings. The van der Waals surface area contributed by atoms with Crippen molar-refractivity contribution in [2.45, 2.75) is 24.9 Å². The molecule has 0 aromatic carbocycles. The Balaban J connectivity index is 3.01. The van der Waals surface area contributed by atoms with Crippen LogP contribution in [0.1, 0.15) is 11.9 Å². The minimum Gasteiger partial charge on any atom is -0.450 e. The fraction of sp³-hybridized carbons (Fsp3) is 0.625. The summed E-state index contributed by atoms with van der Waals surface area (Å²) in [5.41, 5.74) is 0. The van der Waals surface area contributed by atoms with E-state index in [-0.39, 0.29) is 17.9 Å². The number of anilines is 1. The Morgan fingerprint density at radius 2 is 1.76 bits per heavy atom. The molecule has 0 bridgehead atoms. The summed E-state index contributed by atoms with van der Waals surface area (Å²) in [6.07, 6.45) is -7.62. The van der Waals surface area contributed by atoms with E-state index >= 15 is 0 Å². The Hall–Kier alpha value is -1.66. The summed E-state index contributed by atoms with van der Waals surface area (Å²) in [6, 6.07) is 0. The normalized spacial score (nSPS) is 13.1. The number of nitrogens with zero attached hydrogens (tertiary/aromatic N) is 2. The number of carbonyl (C=O) groups is 1. The van der Waals surface area contributed by atoms with E-state index in [4.69, 9.17) is 0 Å². The summed E-state index contributed by atoms with van der Waals surface area (Å²) in [5, 5.41) is 4.58. The van der Waals surface area contributed by atoms with Crippen molar-refractivity contribution in [3.05, 3.63) is 5.01 Å². The second kappa shape index (κ2) is 5.61. The van der Waals surface area contributed by atoms with Crippen molar-refractivity contribution in [1.82, 2.24) is 10.2 Å². The number of rotatable bonds is 4. The molecule has 13 heteroatoms. The fourth-order valence-electron chi connectivity index (χ4n) is 0.967. The molecule has 120 valence electrons. The molecule has 1 N–H and O–H groups in total. The van der Waals surface area contributed by atoms with Gasteiger partial charge in [-0.05, 0) is 6.92 Å². The van der Waals surface area contributed by atoms with Gasteiger partial charge in [0.15, 0.2) is 5.01 Å². The van der Waals surface area contributed by atoms with E-state index in [1.807, 2.05) is 0 Å². The van der Waals surface area contributed by atoms with Crippen molar-refractivity contribution in [3.8, 4) is 0 Å². The number of ether oxygens (including phenoxy) is 1. The molecule has 0 aliphatic heterocycles. The zero-order chi connectivity index (χ0) is 16.5. The fourth-order valence-corrected chi connectivity index (χ4v) is 1.70. The molecular formula is C8H6F7N3O2S. The molecule has 0 saturated heterocycles. The first-order chi connectivity index (χ1) is 9.43. The van der Waals surface area contributed by atoms with E-state index in [2.05, 4.69) is 14.9 Å². The molecule has 5 nitrogen and oxygen atoms in total. The molecule has 0 aliphatic carbocycles. The lowest BCUT2D eigenvalue weighted by atomic mass is 10.2. The van der Waals surface area contributed by atoms with Crippen LogP contribution < -0.4 is 5.32 Å². The van der Waals surface area contributed by atoms with Gasteiger partial charge in [0.2, 0.25) is 5.13 Å². The number of alkyl halides is 7. The van der Waals surface area contributed by atoms with Crippen LogP contribution in [0.2, 0.25) is 0 Å². The Morgan fingerprint density at radius 1 is 1.19 bits per heavy atom. The third-order valence-corrected chi connectivity index (χ3v) is 2.84. The Labute approximate surface area is 116 Å². The van der Waals surface area contributed by atoms with Crippen molar-refractivity contribution in [1.29, 1.82) is 0 Å². The standard InChI is InChI=1S/C8H6F7N3O2S/c1-2-20-5(19)16-4-18-17-3(21-4)6(9,10)7(11,12)8(13,14)15/h2H2,1H3,(H,16,18,19). The van der Waals surface area contributed by atoms with Crippen LogP contribution in [0.4, 0.5) is 40.7 Å². The number of carbonyl (C=O) groups excluding carboxylic acids is 1. The van der Waals surface area contributed by atoms with Crippen LogP contribution in [0.5, 0.6) is 0 Å². The molecule has 0 atom stereocenters. The lowest BCUT2D eigenvalue weighted by Gasteiger charge is -2.25. The molecule has 0 unspecified atom stereocenters. The van der Waals surface area contributed by atoms with E-state index < -0.39 is 34.3 Å². The van der Waals surface area contributed by atoms with Crippen LogP contribution in [-0.4, -0.2) is 35.0 Å². The van der Waals surface area contributed by atoms with Crippen LogP contribution in [-0.2, 0) is 10.7 Å². The Bertz CT molecular complexity index is 516. The van der Waals surface area contributed by atoms with Crippen molar-refractivity contribution in [2.75, 3.05) is 11.9 Å². The van der Waals surface area contributed by atoms with Gasteiger partial charge in [-0.25, -0.2) is 4.79 Å². The summed E-state index contributed by atoms with van der Waals surface area (Å²) < 4.78 is 92.2. The van der Waals surface area contributed by atoms with Crippen LogP contribution in [0.15, 0.2) is 0 Å². The van der Waals surface area contributed by atoms with Crippen molar-refractivity contribution >= 4 is 22.6 Å². The second-order valence-electron chi connectivity index (χ2n) is 3.40. The van der Waals surface area contributed by atoms with E-state index in [1.165, 1.54) is 6.92 Å². The largest absolute Gasteiger partial charge is 0.460 e. The third kappa shape index (κ3) is 3.33. The van der Waals surface area contributed by atoms with Gasteiger partial charge in [0.1, 0.15) is 0 Å². The minimum atomic E-state index is -6.48. The van der Waals surface area contributed by atoms with Gasteiger partial charge in [-0.2, -0.15) is 30.7 Å². The quantitative estimate of drug-likeness (QED) is 0.853. The molecule has 1 aromatic heterocycles. The summed E-state index contributed by atoms with van der Waals surface area (Å²) in [5.74, 6) is -12.0. The van der Waals surface area contributed by atoms with E-state index in [0.29, 0.717) is 0 Å². The summed E-state index contributed by atoms with van der Waals surface area (Å²) in [4.78, 5) is 10.9. The lowest BCUT2D eigenvalue weighted by Crippen LogP contribution is -2.50. The monoisotopic (exact) mass is 341 g/mol. The predicted molar refractivity (Wildman–Crippen MR) is 55.4 cm³/mol. The van der Waals surface area contributed by atoms with Crippen molar-refractivity contribution in [2.24, 2.45) is 0 Å². The van der Waals surface area contributed by atoms with Gasteiger partial charge in [-0.15, -0.1) is 10.2 Å². The van der Waals surface area contributed by atoms with E-state index in [1.54, 1.807) is 5.32 Å². The van der Waals surface area contributed by atoms with Crippen molar-refractivity contribution < 1.29 is 40.3 Å². The first kappa shape index (κ1) is 17.4. The zero-order valence-electron chi connectivity index (χ0n) is 9.97. The highest BCUT2D eigenvalue weighted by atomic mass is 32.1. The number of nitrogens with one attached hydrogen (secondary N) is 1. The minimum absolute atomic E-state index is 0.0835. The molecule has 0 aliphatic rings. The van der Waals surface area contributed by atoms with E-state index in [0.717, 1.165) is 0 Å². The highest BCUT2D eigenvalue weighted by Gasteiger charge is 2.75. The lowest BCUT2D eigenvalue weighted by molar-refractivity contribution is -0.359. The summed E-state index contributed by atoms with van der Waals surface area (Å²) in [7, 11) is 0. The molecular weight excluding hydrogens is 335 g/mol. The predicted octanol–water partition coefficient (Wildman–Crippen LogP) is 3.40. The number of hydrogen-bond acceptors (Lipinski definition) is 5. The van der Waals surface area contributed by atoms with Gasteiger partial charge in [0.25, 0.3) is 0 Å². The van der Waals surface area contributed by atoms with Crippen LogP contribution in [0.25, 0.3) is 0 Å². The smallest absolute Gasteiger partial charge is 0.450 e. The van der Waals surface area contributed by atoms with Gasteiger partial charge in [-0.3, -0.25) is 5.32 Å². The van der Waals surface area contributed by atoms with Gasteiger partial charge in [0, 0.05) is 0 Å². The average Bonchev–Trinajstić information content (AvgIpc) is 2.76. The van der Waals surface area contributed by atoms with Gasteiger partial charge in [0.05, 0.1) is 6.61 Å². The summed E-state index contributed by atoms with van der Waals surface area (Å²) in [6.45, 7) is 1.34. The number of aromatic nitrogens is 2. The maximum Gasteiger partial charge on any atom is 0.460 e. The highest BCUT2D eigenvalue weighted by molar-refractivity contribution is 7.15. The molecule has 1 rings (SSSR count). The Morgan fingerprint density at radius 3 is 2.24 bits per heavy atom. The van der Waals surface area contributed by atoms with Crippen LogP contribution in [0.3, 0.4) is 0 Å². The third-order valence-electron chi connectivity index (χ3n) is 1.93. The zero-order valence-corrected chi connectivity index (χ0v) is 10.8. The number of hydrogen-bond donors (Lipinski definition) is 1. The molecule has 0 saturated carbocycles. The van der Waals surface area contributed by atoms with Crippen molar-refractivity contribution in [3.63, 3.8) is 0 Å². The van der Waals surface area contributed by atoms with E-state index in [9.17, 15) is 35.5 Å². The average molecular weight is 341 g/mol. The summed E-state index contributed by atoms with van der Waals surface area (Å²) >= 11 is -0.327.